The minimum absolute atomic E-state index is 0.254. The Hall–Kier alpha value is -2.57. The normalized spacial score (nSPS) is 11.8. The molecule has 0 N–H and O–H groups in total. The molecule has 4 rings (SSSR count). The van der Waals surface area contributed by atoms with Crippen molar-refractivity contribution in [1.82, 2.24) is 9.55 Å². The maximum Gasteiger partial charge on any atom is 0.196 e. The van der Waals surface area contributed by atoms with E-state index in [0.717, 1.165) is 21.1 Å². The molecule has 0 amide bonds. The molecule has 0 aliphatic rings. The van der Waals surface area contributed by atoms with Crippen LogP contribution in [0.2, 0.25) is 0 Å². The average Bonchev–Trinajstić information content (AvgIpc) is 3.26. The van der Waals surface area contributed by atoms with Crippen LogP contribution in [0, 0.1) is 5.82 Å². The van der Waals surface area contributed by atoms with Crippen molar-refractivity contribution in [1.29, 1.82) is 0 Å². The van der Waals surface area contributed by atoms with Crippen LogP contribution in [-0.4, -0.2) is 9.55 Å². The first-order valence-electron chi connectivity index (χ1n) is 7.27. The van der Waals surface area contributed by atoms with Gasteiger partial charge in [0, 0.05) is 17.3 Å². The Morgan fingerprint density at radius 3 is 2.54 bits per heavy atom. The van der Waals surface area contributed by atoms with Gasteiger partial charge in [0.15, 0.2) is 10.6 Å². The highest BCUT2D eigenvalue weighted by atomic mass is 32.1. The van der Waals surface area contributed by atoms with Crippen LogP contribution in [-0.2, 0) is 0 Å². The van der Waals surface area contributed by atoms with E-state index in [2.05, 4.69) is 21.4 Å². The lowest BCUT2D eigenvalue weighted by Crippen LogP contribution is -2.13. The van der Waals surface area contributed by atoms with E-state index in [1.54, 1.807) is 29.7 Å². The standard InChI is InChI=1S/C18H12FN3S2/c19-13-6-8-14(9-7-13)22-15(16-4-3-11-23-16)12-24-18(22)21-17-5-1-2-10-20-17/h1-12H. The molecule has 3 heterocycles. The van der Waals surface area contributed by atoms with Crippen molar-refractivity contribution in [2.24, 2.45) is 4.99 Å². The van der Waals surface area contributed by atoms with E-state index in [9.17, 15) is 4.39 Å². The highest BCUT2D eigenvalue weighted by Gasteiger charge is 2.11. The molecule has 118 valence electrons. The Morgan fingerprint density at radius 1 is 0.958 bits per heavy atom. The van der Waals surface area contributed by atoms with E-state index in [0.29, 0.717) is 5.82 Å². The van der Waals surface area contributed by atoms with Gasteiger partial charge in [-0.2, -0.15) is 0 Å². The van der Waals surface area contributed by atoms with Crippen molar-refractivity contribution in [2.75, 3.05) is 0 Å². The van der Waals surface area contributed by atoms with Crippen LogP contribution in [0.25, 0.3) is 16.3 Å². The van der Waals surface area contributed by atoms with Gasteiger partial charge in [-0.15, -0.1) is 22.7 Å². The van der Waals surface area contributed by atoms with Crippen LogP contribution in [0.4, 0.5) is 10.2 Å². The summed E-state index contributed by atoms with van der Waals surface area (Å²) in [6.45, 7) is 0. The largest absolute Gasteiger partial charge is 0.284 e. The smallest absolute Gasteiger partial charge is 0.196 e. The minimum Gasteiger partial charge on any atom is -0.284 e. The molecule has 0 aliphatic heterocycles. The van der Waals surface area contributed by atoms with Crippen LogP contribution < -0.4 is 4.80 Å². The lowest BCUT2D eigenvalue weighted by atomic mass is 10.3. The second kappa shape index (κ2) is 6.51. The van der Waals surface area contributed by atoms with E-state index in [1.165, 1.54) is 23.5 Å². The molecule has 24 heavy (non-hydrogen) atoms. The van der Waals surface area contributed by atoms with Gasteiger partial charge in [0.05, 0.1) is 10.6 Å². The predicted molar refractivity (Wildman–Crippen MR) is 96.4 cm³/mol. The number of halogens is 1. The topological polar surface area (TPSA) is 30.2 Å². The molecule has 0 saturated heterocycles. The third-order valence-electron chi connectivity index (χ3n) is 3.43. The maximum absolute atomic E-state index is 13.3. The van der Waals surface area contributed by atoms with Gasteiger partial charge in [-0.3, -0.25) is 4.57 Å². The molecule has 3 nitrogen and oxygen atoms in total. The lowest BCUT2D eigenvalue weighted by molar-refractivity contribution is 0.627. The minimum atomic E-state index is -0.254. The molecule has 4 aromatic rings. The van der Waals surface area contributed by atoms with Crippen molar-refractivity contribution in [3.05, 3.63) is 82.2 Å². The maximum atomic E-state index is 13.3. The summed E-state index contributed by atoms with van der Waals surface area (Å²) in [5.41, 5.74) is 1.91. The van der Waals surface area contributed by atoms with E-state index in [4.69, 9.17) is 0 Å². The summed E-state index contributed by atoms with van der Waals surface area (Å²) in [5, 5.41) is 4.11. The molecule has 0 radical (unpaired) electrons. The molecule has 0 spiro atoms. The molecule has 0 bridgehead atoms. The van der Waals surface area contributed by atoms with Gasteiger partial charge in [0.25, 0.3) is 0 Å². The monoisotopic (exact) mass is 353 g/mol. The number of thiophene rings is 1. The zero-order chi connectivity index (χ0) is 16.4. The molecule has 0 fully saturated rings. The zero-order valence-electron chi connectivity index (χ0n) is 12.5. The molecule has 6 heteroatoms. The molecule has 0 atom stereocenters. The Balaban J connectivity index is 1.95. The second-order valence-corrected chi connectivity index (χ2v) is 6.78. The summed E-state index contributed by atoms with van der Waals surface area (Å²) in [7, 11) is 0. The molecular weight excluding hydrogens is 341 g/mol. The first kappa shape index (κ1) is 15.0. The van der Waals surface area contributed by atoms with E-state index < -0.39 is 0 Å². The van der Waals surface area contributed by atoms with Crippen molar-refractivity contribution < 1.29 is 4.39 Å². The molecule has 0 unspecified atom stereocenters. The summed E-state index contributed by atoms with van der Waals surface area (Å²) in [6.07, 6.45) is 1.72. The first-order valence-corrected chi connectivity index (χ1v) is 9.03. The van der Waals surface area contributed by atoms with E-state index in [-0.39, 0.29) is 5.82 Å². The zero-order valence-corrected chi connectivity index (χ0v) is 14.1. The number of hydrogen-bond acceptors (Lipinski definition) is 4. The highest BCUT2D eigenvalue weighted by molar-refractivity contribution is 7.14. The molecular formula is C18H12FN3S2. The number of aromatic nitrogens is 2. The Morgan fingerprint density at radius 2 is 1.83 bits per heavy atom. The summed E-state index contributed by atoms with van der Waals surface area (Å²) < 4.78 is 15.3. The third kappa shape index (κ3) is 2.93. The lowest BCUT2D eigenvalue weighted by Gasteiger charge is -2.07. The molecule has 0 saturated carbocycles. The van der Waals surface area contributed by atoms with Gasteiger partial charge < -0.3 is 0 Å². The number of rotatable bonds is 3. The highest BCUT2D eigenvalue weighted by Crippen LogP contribution is 2.27. The number of hydrogen-bond donors (Lipinski definition) is 0. The van der Waals surface area contributed by atoms with Gasteiger partial charge >= 0.3 is 0 Å². The van der Waals surface area contributed by atoms with Gasteiger partial charge in [0.1, 0.15) is 5.82 Å². The van der Waals surface area contributed by atoms with Crippen molar-refractivity contribution in [2.45, 2.75) is 0 Å². The second-order valence-electron chi connectivity index (χ2n) is 4.99. The Kier molecular flexibility index (Phi) is 4.06. The first-order chi connectivity index (χ1) is 11.8. The van der Waals surface area contributed by atoms with Gasteiger partial charge in [-0.25, -0.2) is 14.4 Å². The number of nitrogens with zero attached hydrogens (tertiary/aromatic N) is 3. The predicted octanol–water partition coefficient (Wildman–Crippen LogP) is 5.03. The van der Waals surface area contributed by atoms with Crippen molar-refractivity contribution in [3.8, 4) is 16.3 Å². The summed E-state index contributed by atoms with van der Waals surface area (Å²) in [6, 6.07) is 16.2. The third-order valence-corrected chi connectivity index (χ3v) is 5.14. The van der Waals surface area contributed by atoms with E-state index >= 15 is 0 Å². The van der Waals surface area contributed by atoms with Crippen LogP contribution in [0.1, 0.15) is 0 Å². The SMILES string of the molecule is Fc1ccc(-n2c(-c3cccs3)csc2=Nc2ccccn2)cc1. The fourth-order valence-corrected chi connectivity index (χ4v) is 4.05. The fraction of sp³-hybridized carbons (Fsp3) is 0. The summed E-state index contributed by atoms with van der Waals surface area (Å²) >= 11 is 3.20. The number of pyridine rings is 1. The van der Waals surface area contributed by atoms with Crippen LogP contribution in [0.3, 0.4) is 0 Å². The Labute approximate surface area is 146 Å². The van der Waals surface area contributed by atoms with Crippen LogP contribution in [0.15, 0.2) is 76.5 Å². The van der Waals surface area contributed by atoms with Gasteiger partial charge in [0.2, 0.25) is 0 Å². The van der Waals surface area contributed by atoms with Gasteiger partial charge in [-0.05, 0) is 47.8 Å². The number of benzene rings is 1. The van der Waals surface area contributed by atoms with Crippen LogP contribution in [0.5, 0.6) is 0 Å². The van der Waals surface area contributed by atoms with Crippen molar-refractivity contribution in [3.63, 3.8) is 0 Å². The molecule has 1 aromatic carbocycles. The average molecular weight is 353 g/mol. The fourth-order valence-electron chi connectivity index (χ4n) is 2.34. The summed E-state index contributed by atoms with van der Waals surface area (Å²) in [4.78, 5) is 10.8. The van der Waals surface area contributed by atoms with Crippen LogP contribution >= 0.6 is 22.7 Å². The van der Waals surface area contributed by atoms with Crippen molar-refractivity contribution >= 4 is 28.5 Å². The summed E-state index contributed by atoms with van der Waals surface area (Å²) in [5.74, 6) is 0.392. The number of thiazole rings is 1. The van der Waals surface area contributed by atoms with E-state index in [1.807, 2.05) is 34.2 Å². The van der Waals surface area contributed by atoms with Gasteiger partial charge in [-0.1, -0.05) is 12.1 Å². The molecule has 0 aliphatic carbocycles. The quantitative estimate of drug-likeness (QED) is 0.508. The molecule has 3 aromatic heterocycles. The Bertz CT molecular complexity index is 1000.